The maximum Gasteiger partial charge on any atom is 0.267 e. The molecule has 7 heteroatoms. The topological polar surface area (TPSA) is 77.5 Å². The van der Waals surface area contributed by atoms with Gasteiger partial charge in [-0.15, -0.1) is 0 Å². The summed E-state index contributed by atoms with van der Waals surface area (Å²) in [4.78, 5) is 17.8. The molecule has 1 saturated heterocycles. The number of rotatable bonds is 6. The van der Waals surface area contributed by atoms with Crippen molar-refractivity contribution in [1.82, 2.24) is 15.4 Å². The molecule has 0 unspecified atom stereocenters. The average molecular weight is 387 g/mol. The van der Waals surface area contributed by atoms with Crippen LogP contribution in [0.3, 0.4) is 0 Å². The van der Waals surface area contributed by atoms with Crippen LogP contribution >= 0.6 is 11.6 Å². The molecule has 2 heterocycles. The van der Waals surface area contributed by atoms with Crippen LogP contribution in [0.25, 0.3) is 6.08 Å². The van der Waals surface area contributed by atoms with Gasteiger partial charge in [-0.25, -0.2) is 10.5 Å². The molecule has 27 heavy (non-hydrogen) atoms. The van der Waals surface area contributed by atoms with Gasteiger partial charge in [-0.05, 0) is 60.9 Å². The van der Waals surface area contributed by atoms with Gasteiger partial charge in [-0.3, -0.25) is 14.9 Å². The highest BCUT2D eigenvalue weighted by Crippen LogP contribution is 2.18. The van der Waals surface area contributed by atoms with Gasteiger partial charge in [-0.2, -0.15) is 0 Å². The number of carbonyl (C=O) groups is 1. The highest BCUT2D eigenvalue weighted by molar-refractivity contribution is 6.30. The molecule has 6 nitrogen and oxygen atoms in total. The molecule has 0 bridgehead atoms. The Labute approximate surface area is 163 Å². The smallest absolute Gasteiger partial charge is 0.267 e. The van der Waals surface area contributed by atoms with Crippen LogP contribution in [0.4, 0.5) is 5.82 Å². The van der Waals surface area contributed by atoms with E-state index in [0.717, 1.165) is 48.9 Å². The van der Waals surface area contributed by atoms with Crippen molar-refractivity contribution in [2.24, 2.45) is 0 Å². The first kappa shape index (κ1) is 19.4. The maximum absolute atomic E-state index is 11.0. The number of benzene rings is 1. The minimum absolute atomic E-state index is 0.347. The molecule has 1 aliphatic rings. The fourth-order valence-corrected chi connectivity index (χ4v) is 3.30. The van der Waals surface area contributed by atoms with Crippen molar-refractivity contribution in [2.45, 2.75) is 25.4 Å². The Kier molecular flexibility index (Phi) is 6.81. The molecule has 1 aliphatic heterocycles. The number of nitrogens with zero attached hydrogens (tertiary/aromatic N) is 2. The number of anilines is 1. The number of halogens is 1. The Balaban J connectivity index is 1.53. The largest absolute Gasteiger partial charge is 0.366 e. The zero-order chi connectivity index (χ0) is 19.1. The quantitative estimate of drug-likeness (QED) is 0.403. The highest BCUT2D eigenvalue weighted by atomic mass is 35.5. The summed E-state index contributed by atoms with van der Waals surface area (Å²) < 4.78 is 0. The molecule has 1 amide bonds. The second-order valence-corrected chi connectivity index (χ2v) is 7.07. The highest BCUT2D eigenvalue weighted by Gasteiger charge is 2.20. The minimum atomic E-state index is -0.569. The Morgan fingerprint density at radius 1 is 1.30 bits per heavy atom. The number of piperidine rings is 1. The minimum Gasteiger partial charge on any atom is -0.366 e. The number of nitrogens with one attached hydrogen (secondary N) is 2. The van der Waals surface area contributed by atoms with Crippen LogP contribution in [0.15, 0.2) is 48.7 Å². The Hall–Kier alpha value is -2.41. The van der Waals surface area contributed by atoms with Crippen LogP contribution in [0.1, 0.15) is 24.0 Å². The average Bonchev–Trinajstić information content (AvgIpc) is 2.69. The second kappa shape index (κ2) is 9.50. The maximum atomic E-state index is 11.0. The van der Waals surface area contributed by atoms with Gasteiger partial charge < -0.3 is 5.32 Å². The van der Waals surface area contributed by atoms with Gasteiger partial charge in [0.25, 0.3) is 5.91 Å². The summed E-state index contributed by atoms with van der Waals surface area (Å²) in [5.41, 5.74) is 3.61. The lowest BCUT2D eigenvalue weighted by atomic mass is 10.0. The van der Waals surface area contributed by atoms with Crippen LogP contribution in [-0.4, -0.2) is 40.1 Å². The Bertz CT molecular complexity index is 778. The Morgan fingerprint density at radius 2 is 2.11 bits per heavy atom. The fourth-order valence-electron chi connectivity index (χ4n) is 3.17. The van der Waals surface area contributed by atoms with E-state index in [1.165, 1.54) is 11.6 Å². The zero-order valence-corrected chi connectivity index (χ0v) is 15.7. The number of hydrogen-bond acceptors (Lipinski definition) is 5. The van der Waals surface area contributed by atoms with Gasteiger partial charge in [0.05, 0.1) is 0 Å². The van der Waals surface area contributed by atoms with Crippen molar-refractivity contribution in [1.29, 1.82) is 0 Å². The summed E-state index contributed by atoms with van der Waals surface area (Å²) in [5, 5.41) is 12.7. The lowest BCUT2D eigenvalue weighted by Gasteiger charge is -2.33. The fraction of sp³-hybridized carbons (Fsp3) is 0.300. The standard InChI is InChI=1S/C20H23ClN4O2/c21-17-7-3-16(4-8-17)13-25-11-1-2-18(14-25)23-19-9-5-15(12-22-19)6-10-20(26)24-27/h3-10,12,18,27H,1-2,11,13-14H2,(H,22,23)(H,24,26)/b10-6+/t18-/m1/s1. The van der Waals surface area contributed by atoms with Gasteiger partial charge in [0.15, 0.2) is 0 Å². The van der Waals surface area contributed by atoms with Crippen molar-refractivity contribution in [2.75, 3.05) is 18.4 Å². The number of carbonyl (C=O) groups excluding carboxylic acids is 1. The summed E-state index contributed by atoms with van der Waals surface area (Å²) in [7, 11) is 0. The van der Waals surface area contributed by atoms with E-state index in [1.807, 2.05) is 24.3 Å². The molecule has 3 rings (SSSR count). The molecule has 2 aromatic rings. The van der Waals surface area contributed by atoms with Gasteiger partial charge in [0.1, 0.15) is 5.82 Å². The van der Waals surface area contributed by atoms with Gasteiger partial charge in [0.2, 0.25) is 0 Å². The molecule has 1 aromatic carbocycles. The number of hydrogen-bond donors (Lipinski definition) is 3. The molecular formula is C20H23ClN4O2. The molecule has 0 saturated carbocycles. The Morgan fingerprint density at radius 3 is 2.81 bits per heavy atom. The first-order valence-electron chi connectivity index (χ1n) is 8.94. The number of amides is 1. The van der Waals surface area contributed by atoms with E-state index in [1.54, 1.807) is 17.8 Å². The van der Waals surface area contributed by atoms with Crippen molar-refractivity contribution in [3.05, 3.63) is 64.8 Å². The van der Waals surface area contributed by atoms with Crippen LogP contribution < -0.4 is 10.8 Å². The molecular weight excluding hydrogens is 364 g/mol. The summed E-state index contributed by atoms with van der Waals surface area (Å²) in [6.07, 6.45) is 6.79. The predicted octanol–water partition coefficient (Wildman–Crippen LogP) is 3.33. The first-order chi connectivity index (χ1) is 13.1. The molecule has 1 fully saturated rings. The van der Waals surface area contributed by atoms with E-state index in [0.29, 0.717) is 6.04 Å². The van der Waals surface area contributed by atoms with E-state index < -0.39 is 5.91 Å². The van der Waals surface area contributed by atoms with Crippen molar-refractivity contribution < 1.29 is 10.0 Å². The normalized spacial score (nSPS) is 17.8. The van der Waals surface area contributed by atoms with Gasteiger partial charge in [0, 0.05) is 36.4 Å². The second-order valence-electron chi connectivity index (χ2n) is 6.63. The predicted molar refractivity (Wildman–Crippen MR) is 107 cm³/mol. The van der Waals surface area contributed by atoms with Crippen molar-refractivity contribution in [3.8, 4) is 0 Å². The first-order valence-corrected chi connectivity index (χ1v) is 9.32. The third-order valence-electron chi connectivity index (χ3n) is 4.50. The van der Waals surface area contributed by atoms with Crippen LogP contribution in [-0.2, 0) is 11.3 Å². The monoisotopic (exact) mass is 386 g/mol. The molecule has 0 spiro atoms. The van der Waals surface area contributed by atoms with Gasteiger partial charge in [-0.1, -0.05) is 23.7 Å². The third-order valence-corrected chi connectivity index (χ3v) is 4.75. The van der Waals surface area contributed by atoms with E-state index >= 15 is 0 Å². The summed E-state index contributed by atoms with van der Waals surface area (Å²) in [5.74, 6) is 0.247. The van der Waals surface area contributed by atoms with E-state index in [-0.39, 0.29) is 0 Å². The van der Waals surface area contributed by atoms with Gasteiger partial charge >= 0.3 is 0 Å². The van der Waals surface area contributed by atoms with Crippen LogP contribution in [0.2, 0.25) is 5.02 Å². The van der Waals surface area contributed by atoms with Crippen molar-refractivity contribution in [3.63, 3.8) is 0 Å². The molecule has 1 atom stereocenters. The summed E-state index contributed by atoms with van der Waals surface area (Å²) >= 11 is 5.96. The SMILES string of the molecule is O=C(/C=C/c1ccc(N[C@@H]2CCCN(Cc3ccc(Cl)cc3)C2)nc1)NO. The summed E-state index contributed by atoms with van der Waals surface area (Å²) in [6, 6.07) is 12.1. The summed E-state index contributed by atoms with van der Waals surface area (Å²) in [6.45, 7) is 2.97. The molecule has 0 aliphatic carbocycles. The van der Waals surface area contributed by atoms with Crippen LogP contribution in [0, 0.1) is 0 Å². The number of pyridine rings is 1. The number of hydroxylamine groups is 1. The molecule has 3 N–H and O–H groups in total. The number of likely N-dealkylation sites (tertiary alicyclic amines) is 1. The van der Waals surface area contributed by atoms with E-state index in [4.69, 9.17) is 16.8 Å². The molecule has 0 radical (unpaired) electrons. The number of aromatic nitrogens is 1. The lowest BCUT2D eigenvalue weighted by Crippen LogP contribution is -2.41. The van der Waals surface area contributed by atoms with Crippen LogP contribution in [0.5, 0.6) is 0 Å². The van der Waals surface area contributed by atoms with Crippen molar-refractivity contribution >= 4 is 29.4 Å². The van der Waals surface area contributed by atoms with E-state index in [2.05, 4.69) is 27.3 Å². The molecule has 142 valence electrons. The molecule has 1 aromatic heterocycles. The van der Waals surface area contributed by atoms with E-state index in [9.17, 15) is 4.79 Å². The zero-order valence-electron chi connectivity index (χ0n) is 14.9. The lowest BCUT2D eigenvalue weighted by molar-refractivity contribution is -0.124. The third kappa shape index (κ3) is 6.06.